The number of halogens is 10. The van der Waals surface area contributed by atoms with Crippen LogP contribution < -0.4 is 0 Å². The monoisotopic (exact) mass is 800 g/mol. The molecular weight excluding hydrogens is 787 g/mol. The van der Waals surface area contributed by atoms with Gasteiger partial charge in [0.15, 0.2) is 46.5 Å². The molecule has 5 aromatic heterocycles. The highest BCUT2D eigenvalue weighted by Gasteiger charge is 2.30. The molecule has 0 fully saturated rings. The minimum absolute atomic E-state index is 0.279. The molecule has 17 heteroatoms. The van der Waals surface area contributed by atoms with E-state index in [-0.39, 0.29) is 11.1 Å². The minimum atomic E-state index is -2.27. The molecule has 280 valence electrons. The fourth-order valence-corrected chi connectivity index (χ4v) is 7.98. The van der Waals surface area contributed by atoms with E-state index in [9.17, 15) is 43.9 Å². The third-order valence-corrected chi connectivity index (χ3v) is 10.4. The van der Waals surface area contributed by atoms with Gasteiger partial charge in [-0.15, -0.1) is 0 Å². The Morgan fingerprint density at radius 3 is 1.14 bits per heavy atom. The molecule has 5 aromatic carbocycles. The summed E-state index contributed by atoms with van der Waals surface area (Å²) in [5.74, 6) is -20.8. The second-order valence-corrected chi connectivity index (χ2v) is 13.4. The molecule has 0 spiro atoms. The van der Waals surface area contributed by atoms with Crippen LogP contribution in [0.15, 0.2) is 85.2 Å². The van der Waals surface area contributed by atoms with Crippen LogP contribution in [-0.4, -0.2) is 27.8 Å². The van der Waals surface area contributed by atoms with E-state index in [4.69, 9.17) is 0 Å². The summed E-state index contributed by atoms with van der Waals surface area (Å²) in [7, 11) is 0. The van der Waals surface area contributed by atoms with Crippen molar-refractivity contribution in [3.05, 3.63) is 143 Å². The third kappa shape index (κ3) is 4.71. The first kappa shape index (κ1) is 34.6. The van der Waals surface area contributed by atoms with Crippen LogP contribution in [0.4, 0.5) is 43.9 Å². The summed E-state index contributed by atoms with van der Waals surface area (Å²) in [6.45, 7) is 0. The Bertz CT molecular complexity index is 3110. The summed E-state index contributed by atoms with van der Waals surface area (Å²) >= 11 is 0.883. The first-order valence-corrected chi connectivity index (χ1v) is 17.3. The van der Waals surface area contributed by atoms with E-state index in [1.807, 2.05) is 0 Å². The van der Waals surface area contributed by atoms with Crippen LogP contribution in [0.5, 0.6) is 0 Å². The molecule has 5 heterocycles. The lowest BCUT2D eigenvalue weighted by Crippen LogP contribution is -2.04. The van der Waals surface area contributed by atoms with Crippen molar-refractivity contribution >= 4 is 66.6 Å². The molecule has 10 aromatic rings. The number of benzene rings is 5. The van der Waals surface area contributed by atoms with Gasteiger partial charge in [-0.2, -0.15) is 8.75 Å². The molecule has 0 bridgehead atoms. The van der Waals surface area contributed by atoms with Gasteiger partial charge in [-0.25, -0.2) is 43.9 Å². The van der Waals surface area contributed by atoms with Crippen LogP contribution >= 0.6 is 11.7 Å². The fraction of sp³-hybridized carbons (Fsp3) is 0. The van der Waals surface area contributed by atoms with Crippen LogP contribution in [0.3, 0.4) is 0 Å². The van der Waals surface area contributed by atoms with Gasteiger partial charge in [-0.05, 0) is 71.8 Å². The Labute approximate surface area is 314 Å². The average Bonchev–Trinajstić information content (AvgIpc) is 3.94. The maximum atomic E-state index is 14.9. The summed E-state index contributed by atoms with van der Waals surface area (Å²) in [6, 6.07) is 18.2. The normalized spacial score (nSPS) is 12.0. The molecule has 0 radical (unpaired) electrons. The maximum Gasteiger partial charge on any atom is 0.200 e. The van der Waals surface area contributed by atoms with Crippen LogP contribution in [0.2, 0.25) is 0 Å². The Morgan fingerprint density at radius 1 is 0.386 bits per heavy atom. The van der Waals surface area contributed by atoms with E-state index in [0.29, 0.717) is 66.3 Å². The highest BCUT2D eigenvalue weighted by atomic mass is 32.1. The number of rotatable bonds is 4. The van der Waals surface area contributed by atoms with Crippen molar-refractivity contribution in [3.63, 3.8) is 0 Å². The smallest absolute Gasteiger partial charge is 0.200 e. The lowest BCUT2D eigenvalue weighted by atomic mass is 10.0. The van der Waals surface area contributed by atoms with E-state index in [2.05, 4.69) is 18.7 Å². The highest BCUT2D eigenvalue weighted by Crippen LogP contribution is 2.41. The van der Waals surface area contributed by atoms with Gasteiger partial charge in [0.1, 0.15) is 11.0 Å². The van der Waals surface area contributed by atoms with Crippen molar-refractivity contribution in [1.82, 2.24) is 27.8 Å². The van der Waals surface area contributed by atoms with Gasteiger partial charge in [-0.1, -0.05) is 12.1 Å². The molecule has 6 nitrogen and oxygen atoms in total. The number of fused-ring (bicyclic) bond motifs is 7. The average molecular weight is 801 g/mol. The second-order valence-electron chi connectivity index (χ2n) is 12.8. The largest absolute Gasteiger partial charge is 0.305 e. The van der Waals surface area contributed by atoms with Gasteiger partial charge in [0.25, 0.3) is 0 Å². The molecule has 0 atom stereocenters. The Balaban J connectivity index is 1.18. The molecule has 0 aliphatic heterocycles. The van der Waals surface area contributed by atoms with Gasteiger partial charge < -0.3 is 9.13 Å². The predicted molar refractivity (Wildman–Crippen MR) is 192 cm³/mol. The Hall–Kier alpha value is -6.88. The number of hydrogen-bond donors (Lipinski definition) is 0. The zero-order valence-corrected chi connectivity index (χ0v) is 28.8. The molecule has 57 heavy (non-hydrogen) atoms. The van der Waals surface area contributed by atoms with Crippen LogP contribution in [-0.2, 0) is 0 Å². The predicted octanol–water partition coefficient (Wildman–Crippen LogP) is 11.4. The fourth-order valence-electron chi connectivity index (χ4n) is 7.42. The molecular formula is C40H14F10N6S. The zero-order chi connectivity index (χ0) is 39.6. The van der Waals surface area contributed by atoms with E-state index in [1.54, 1.807) is 45.5 Å². The van der Waals surface area contributed by atoms with Crippen molar-refractivity contribution in [2.45, 2.75) is 0 Å². The van der Waals surface area contributed by atoms with E-state index in [1.165, 1.54) is 48.8 Å². The quantitative estimate of drug-likeness (QED) is 0.101. The van der Waals surface area contributed by atoms with Crippen LogP contribution in [0, 0.1) is 58.2 Å². The summed E-state index contributed by atoms with van der Waals surface area (Å²) in [5.41, 5.74) is 1.55. The molecule has 0 unspecified atom stereocenters. The van der Waals surface area contributed by atoms with E-state index >= 15 is 0 Å². The van der Waals surface area contributed by atoms with Crippen molar-refractivity contribution in [2.75, 3.05) is 0 Å². The molecule has 0 saturated carbocycles. The SMILES string of the molecule is Fc1c(F)c(F)c(-c2ccc3c(c2)c2ncccc2n3-c2ccc(-n3c4ccc(-c5c(F)c(F)c(F)c(F)c5F)cc4c4ncccc43)c3nsnc23)c(F)c1F. The van der Waals surface area contributed by atoms with Crippen LogP contribution in [0.25, 0.3) is 88.5 Å². The number of aromatic nitrogens is 6. The minimum Gasteiger partial charge on any atom is -0.305 e. The van der Waals surface area contributed by atoms with Crippen molar-refractivity contribution in [3.8, 4) is 33.6 Å². The number of pyridine rings is 2. The lowest BCUT2D eigenvalue weighted by molar-refractivity contribution is 0.381. The maximum absolute atomic E-state index is 14.9. The van der Waals surface area contributed by atoms with Gasteiger partial charge in [0, 0.05) is 23.2 Å². The second kappa shape index (κ2) is 12.3. The van der Waals surface area contributed by atoms with Gasteiger partial charge >= 0.3 is 0 Å². The molecule has 0 amide bonds. The standard InChI is InChI=1S/C40H14F10N6S/c41-27-25(28(42)32(46)35(49)31(27)45)15-5-7-19-17(13-15)37-21(3-1-11-51-37)55(19)23-9-10-24(40-39(23)53-57-54-40)56-20-8-6-16(14-18(20)38-22(56)4-2-12-52-38)26-29(43)33(47)36(50)34(48)30(26)44/h1-14H. The van der Waals surface area contributed by atoms with Crippen molar-refractivity contribution < 1.29 is 43.9 Å². The summed E-state index contributed by atoms with van der Waals surface area (Å²) in [5, 5.41) is 0.649. The van der Waals surface area contributed by atoms with E-state index in [0.717, 1.165) is 11.7 Å². The first-order valence-electron chi connectivity index (χ1n) is 16.6. The van der Waals surface area contributed by atoms with Gasteiger partial charge in [0.05, 0.1) is 67.3 Å². The number of nitrogens with zero attached hydrogens (tertiary/aromatic N) is 6. The molecule has 0 aliphatic rings. The molecule has 0 N–H and O–H groups in total. The van der Waals surface area contributed by atoms with Gasteiger partial charge in [-0.3, -0.25) is 9.97 Å². The Kier molecular flexibility index (Phi) is 7.47. The Morgan fingerprint density at radius 2 is 0.754 bits per heavy atom. The third-order valence-electron chi connectivity index (χ3n) is 9.89. The summed E-state index contributed by atoms with van der Waals surface area (Å²) < 4.78 is 157. The topological polar surface area (TPSA) is 61.4 Å². The number of hydrogen-bond acceptors (Lipinski definition) is 5. The zero-order valence-electron chi connectivity index (χ0n) is 28.0. The molecule has 0 aliphatic carbocycles. The summed E-state index contributed by atoms with van der Waals surface area (Å²) in [4.78, 5) is 8.93. The van der Waals surface area contributed by atoms with E-state index < -0.39 is 69.3 Å². The van der Waals surface area contributed by atoms with Gasteiger partial charge in [0.2, 0.25) is 11.6 Å². The van der Waals surface area contributed by atoms with Crippen molar-refractivity contribution in [2.24, 2.45) is 0 Å². The van der Waals surface area contributed by atoms with Crippen LogP contribution in [0.1, 0.15) is 0 Å². The first-order chi connectivity index (χ1) is 27.5. The molecule has 0 saturated heterocycles. The lowest BCUT2D eigenvalue weighted by Gasteiger charge is -2.13. The molecule has 10 rings (SSSR count). The summed E-state index contributed by atoms with van der Waals surface area (Å²) in [6.07, 6.45) is 2.96. The van der Waals surface area contributed by atoms with Crippen molar-refractivity contribution in [1.29, 1.82) is 0 Å². The highest BCUT2D eigenvalue weighted by molar-refractivity contribution is 7.00.